The van der Waals surface area contributed by atoms with Crippen LogP contribution in [-0.2, 0) is 4.74 Å². The molecule has 0 aromatic rings. The van der Waals surface area contributed by atoms with Crippen LogP contribution in [0.2, 0.25) is 0 Å². The van der Waals surface area contributed by atoms with Crippen molar-refractivity contribution in [1.29, 1.82) is 0 Å². The lowest BCUT2D eigenvalue weighted by molar-refractivity contribution is 0.0411. The minimum absolute atomic E-state index is 0.345. The third-order valence-corrected chi connectivity index (χ3v) is 3.64. The summed E-state index contributed by atoms with van der Waals surface area (Å²) in [5, 5.41) is 0. The fourth-order valence-electron chi connectivity index (χ4n) is 2.00. The van der Waals surface area contributed by atoms with E-state index in [2.05, 4.69) is 32.6 Å². The molecule has 0 aromatic carbocycles. The maximum Gasteiger partial charge on any atom is 0.0695 e. The van der Waals surface area contributed by atoms with Gasteiger partial charge in [0.2, 0.25) is 0 Å². The molecule has 2 nitrogen and oxygen atoms in total. The van der Waals surface area contributed by atoms with Crippen LogP contribution in [0.15, 0.2) is 0 Å². The average Bonchev–Trinajstić information content (AvgIpc) is 2.44. The van der Waals surface area contributed by atoms with Gasteiger partial charge >= 0.3 is 0 Å². The van der Waals surface area contributed by atoms with Crippen molar-refractivity contribution in [2.75, 3.05) is 20.2 Å². The van der Waals surface area contributed by atoms with E-state index < -0.39 is 0 Å². The molecule has 1 rings (SSSR count). The van der Waals surface area contributed by atoms with Crippen LogP contribution in [0.5, 0.6) is 0 Å². The molecule has 0 bridgehead atoms. The van der Waals surface area contributed by atoms with Gasteiger partial charge in [0.1, 0.15) is 0 Å². The van der Waals surface area contributed by atoms with Gasteiger partial charge in [-0.25, -0.2) is 0 Å². The van der Waals surface area contributed by atoms with E-state index in [1.54, 1.807) is 7.11 Å². The Kier molecular flexibility index (Phi) is 3.74. The van der Waals surface area contributed by atoms with E-state index in [-0.39, 0.29) is 0 Å². The normalized spacial score (nSPS) is 34.8. The van der Waals surface area contributed by atoms with Gasteiger partial charge in [0.25, 0.3) is 0 Å². The van der Waals surface area contributed by atoms with E-state index >= 15 is 0 Å². The number of rotatable bonds is 3. The van der Waals surface area contributed by atoms with Crippen molar-refractivity contribution in [3.05, 3.63) is 0 Å². The average molecular weight is 185 g/mol. The summed E-state index contributed by atoms with van der Waals surface area (Å²) in [4.78, 5) is 2.55. The summed E-state index contributed by atoms with van der Waals surface area (Å²) >= 11 is 0. The van der Waals surface area contributed by atoms with Crippen molar-refractivity contribution in [2.24, 2.45) is 11.8 Å². The van der Waals surface area contributed by atoms with E-state index in [4.69, 9.17) is 4.74 Å². The summed E-state index contributed by atoms with van der Waals surface area (Å²) in [6.07, 6.45) is 0.345. The smallest absolute Gasteiger partial charge is 0.0695 e. The van der Waals surface area contributed by atoms with E-state index in [1.807, 2.05) is 0 Å². The van der Waals surface area contributed by atoms with Crippen molar-refractivity contribution in [3.8, 4) is 0 Å². The first-order valence-electron chi connectivity index (χ1n) is 5.33. The molecule has 0 spiro atoms. The molecule has 78 valence electrons. The van der Waals surface area contributed by atoms with Gasteiger partial charge < -0.3 is 4.74 Å². The minimum atomic E-state index is 0.345. The molecule has 1 fully saturated rings. The van der Waals surface area contributed by atoms with E-state index in [0.717, 1.165) is 11.8 Å². The molecular formula is C11H23NO. The van der Waals surface area contributed by atoms with Gasteiger partial charge in [-0.05, 0) is 25.7 Å². The van der Waals surface area contributed by atoms with Crippen LogP contribution in [0, 0.1) is 11.8 Å². The fraction of sp³-hybridized carbons (Fsp3) is 1.00. The first kappa shape index (κ1) is 11.0. The number of methoxy groups -OCH3 is 1. The zero-order valence-electron chi connectivity index (χ0n) is 9.58. The lowest BCUT2D eigenvalue weighted by Gasteiger charge is -2.28. The van der Waals surface area contributed by atoms with E-state index in [9.17, 15) is 0 Å². The molecule has 13 heavy (non-hydrogen) atoms. The van der Waals surface area contributed by atoms with Gasteiger partial charge in [-0.3, -0.25) is 4.90 Å². The van der Waals surface area contributed by atoms with Gasteiger partial charge in [-0.15, -0.1) is 0 Å². The van der Waals surface area contributed by atoms with Gasteiger partial charge in [0.15, 0.2) is 0 Å². The standard InChI is InChI=1S/C11H23NO/c1-8-6-12(7-9(8)2)10(3)11(4)13-5/h8-11H,6-7H2,1-5H3. The highest BCUT2D eigenvalue weighted by Gasteiger charge is 2.30. The maximum absolute atomic E-state index is 5.35. The topological polar surface area (TPSA) is 12.5 Å². The number of hydrogen-bond donors (Lipinski definition) is 0. The first-order chi connectivity index (χ1) is 6.06. The highest BCUT2D eigenvalue weighted by molar-refractivity contribution is 4.84. The summed E-state index contributed by atoms with van der Waals surface area (Å²) in [5.74, 6) is 1.68. The molecule has 1 aliphatic heterocycles. The second-order valence-corrected chi connectivity index (χ2v) is 4.59. The summed E-state index contributed by atoms with van der Waals surface area (Å²) in [6, 6.07) is 0.553. The number of likely N-dealkylation sites (tertiary alicyclic amines) is 1. The van der Waals surface area contributed by atoms with Crippen LogP contribution < -0.4 is 0 Å². The van der Waals surface area contributed by atoms with Crippen molar-refractivity contribution in [3.63, 3.8) is 0 Å². The van der Waals surface area contributed by atoms with Gasteiger partial charge in [0, 0.05) is 26.2 Å². The summed E-state index contributed by atoms with van der Waals surface area (Å²) in [7, 11) is 1.80. The van der Waals surface area contributed by atoms with Crippen molar-refractivity contribution in [1.82, 2.24) is 4.90 Å². The molecule has 0 N–H and O–H groups in total. The predicted octanol–water partition coefficient (Wildman–Crippen LogP) is 2.00. The Balaban J connectivity index is 2.45. The second-order valence-electron chi connectivity index (χ2n) is 4.59. The maximum atomic E-state index is 5.35. The Morgan fingerprint density at radius 2 is 1.62 bits per heavy atom. The van der Waals surface area contributed by atoms with Gasteiger partial charge in [-0.2, -0.15) is 0 Å². The molecule has 4 atom stereocenters. The lowest BCUT2D eigenvalue weighted by Crippen LogP contribution is -2.39. The van der Waals surface area contributed by atoms with Crippen molar-refractivity contribution < 1.29 is 4.74 Å². The van der Waals surface area contributed by atoms with Crippen LogP contribution in [-0.4, -0.2) is 37.2 Å². The molecule has 1 heterocycles. The summed E-state index contributed by atoms with van der Waals surface area (Å²) < 4.78 is 5.35. The quantitative estimate of drug-likeness (QED) is 0.667. The third kappa shape index (κ3) is 2.44. The zero-order valence-corrected chi connectivity index (χ0v) is 9.58. The molecule has 1 saturated heterocycles. The van der Waals surface area contributed by atoms with E-state index in [1.165, 1.54) is 13.1 Å². The lowest BCUT2D eigenvalue weighted by atomic mass is 10.0. The van der Waals surface area contributed by atoms with Gasteiger partial charge in [0.05, 0.1) is 6.10 Å². The monoisotopic (exact) mass is 185 g/mol. The Morgan fingerprint density at radius 1 is 1.15 bits per heavy atom. The number of ether oxygens (including phenoxy) is 1. The predicted molar refractivity (Wildman–Crippen MR) is 55.8 cm³/mol. The Labute approximate surface area is 82.3 Å². The Hall–Kier alpha value is -0.0800. The molecule has 0 aromatic heterocycles. The fourth-order valence-corrected chi connectivity index (χ4v) is 2.00. The second kappa shape index (κ2) is 4.43. The van der Waals surface area contributed by atoms with Crippen LogP contribution >= 0.6 is 0 Å². The largest absolute Gasteiger partial charge is 0.380 e. The van der Waals surface area contributed by atoms with Crippen molar-refractivity contribution in [2.45, 2.75) is 39.8 Å². The number of hydrogen-bond acceptors (Lipinski definition) is 2. The number of nitrogens with zero attached hydrogens (tertiary/aromatic N) is 1. The SMILES string of the molecule is COC(C)C(C)N1CC(C)C(C)C1. The molecule has 0 aliphatic carbocycles. The third-order valence-electron chi connectivity index (χ3n) is 3.64. The molecule has 2 heteroatoms. The minimum Gasteiger partial charge on any atom is -0.380 e. The first-order valence-corrected chi connectivity index (χ1v) is 5.33. The highest BCUT2D eigenvalue weighted by Crippen LogP contribution is 2.25. The molecule has 0 saturated carbocycles. The van der Waals surface area contributed by atoms with Crippen LogP contribution in [0.3, 0.4) is 0 Å². The zero-order chi connectivity index (χ0) is 10.0. The van der Waals surface area contributed by atoms with Crippen LogP contribution in [0.1, 0.15) is 27.7 Å². The molecule has 4 unspecified atom stereocenters. The molecule has 0 radical (unpaired) electrons. The van der Waals surface area contributed by atoms with E-state index in [0.29, 0.717) is 12.1 Å². The summed E-state index contributed by atoms with van der Waals surface area (Å²) in [5.41, 5.74) is 0. The van der Waals surface area contributed by atoms with Crippen LogP contribution in [0.25, 0.3) is 0 Å². The Morgan fingerprint density at radius 3 is 2.00 bits per heavy atom. The summed E-state index contributed by atoms with van der Waals surface area (Å²) in [6.45, 7) is 11.6. The Bertz CT molecular complexity index is 150. The van der Waals surface area contributed by atoms with Crippen molar-refractivity contribution >= 4 is 0 Å². The molecular weight excluding hydrogens is 162 g/mol. The highest BCUT2D eigenvalue weighted by atomic mass is 16.5. The van der Waals surface area contributed by atoms with Gasteiger partial charge in [-0.1, -0.05) is 13.8 Å². The molecule has 0 amide bonds. The molecule has 1 aliphatic rings. The van der Waals surface area contributed by atoms with Crippen LogP contribution in [0.4, 0.5) is 0 Å².